The van der Waals surface area contributed by atoms with Gasteiger partial charge in [0.15, 0.2) is 0 Å². The lowest BCUT2D eigenvalue weighted by Crippen LogP contribution is -2.52. The highest BCUT2D eigenvalue weighted by Gasteiger charge is 2.65. The number of hydrogen-bond acceptors (Lipinski definition) is 6. The van der Waals surface area contributed by atoms with Gasteiger partial charge >= 0.3 is 30.3 Å². The maximum Gasteiger partial charge on any atom is 0.490 e. The molecule has 1 aromatic rings. The molecular weight excluding hydrogens is 592 g/mol. The average molecular weight is 628 g/mol. The van der Waals surface area contributed by atoms with Gasteiger partial charge in [0.1, 0.15) is 0 Å². The smallest absolute Gasteiger partial charge is 0.475 e. The van der Waals surface area contributed by atoms with E-state index < -0.39 is 29.7 Å². The fraction of sp³-hybridized carbons (Fsp3) is 0.654. The zero-order valence-electron chi connectivity index (χ0n) is 23.9. The van der Waals surface area contributed by atoms with Crippen molar-refractivity contribution in [3.63, 3.8) is 0 Å². The number of amides is 3. The number of hydrogen-bond donors (Lipinski definition) is 2. The van der Waals surface area contributed by atoms with Crippen LogP contribution in [0.1, 0.15) is 31.9 Å². The number of aromatic nitrogens is 1. The van der Waals surface area contributed by atoms with Gasteiger partial charge in [-0.25, -0.2) is 14.4 Å². The number of carboxylic acid groups (broad SMARTS) is 2. The van der Waals surface area contributed by atoms with Crippen molar-refractivity contribution in [2.75, 3.05) is 53.4 Å². The molecule has 242 valence electrons. The number of carbonyl (C=O) groups is 4. The van der Waals surface area contributed by atoms with Gasteiger partial charge in [0.2, 0.25) is 5.91 Å². The Balaban J connectivity index is 0.000000384. The van der Waals surface area contributed by atoms with E-state index in [0.717, 1.165) is 57.7 Å². The Bertz CT molecular complexity index is 1120. The number of rotatable bonds is 3. The number of halogens is 6. The summed E-state index contributed by atoms with van der Waals surface area (Å²) >= 11 is 0. The monoisotopic (exact) mass is 627 g/mol. The molecule has 0 bridgehead atoms. The molecule has 17 heteroatoms. The molecule has 2 spiro atoms. The first-order chi connectivity index (χ1) is 19.8. The lowest BCUT2D eigenvalue weighted by atomic mass is 9.60. The molecule has 3 aliphatic rings. The van der Waals surface area contributed by atoms with Crippen LogP contribution < -0.4 is 0 Å². The Morgan fingerprint density at radius 1 is 0.930 bits per heavy atom. The van der Waals surface area contributed by atoms with E-state index >= 15 is 0 Å². The predicted octanol–water partition coefficient (Wildman–Crippen LogP) is 3.17. The first kappa shape index (κ1) is 35.6. The van der Waals surface area contributed by atoms with Crippen LogP contribution in [0.3, 0.4) is 0 Å². The molecule has 11 nitrogen and oxygen atoms in total. The van der Waals surface area contributed by atoms with Crippen LogP contribution >= 0.6 is 0 Å². The normalized spacial score (nSPS) is 21.7. The molecule has 0 radical (unpaired) electrons. The topological polar surface area (TPSA) is 135 Å². The van der Waals surface area contributed by atoms with Gasteiger partial charge < -0.3 is 24.9 Å². The molecule has 1 unspecified atom stereocenters. The summed E-state index contributed by atoms with van der Waals surface area (Å²) in [7, 11) is 3.59. The van der Waals surface area contributed by atoms with E-state index in [0.29, 0.717) is 13.1 Å². The number of pyridine rings is 1. The van der Waals surface area contributed by atoms with Gasteiger partial charge in [-0.15, -0.1) is 0 Å². The Kier molecular flexibility index (Phi) is 11.4. The third-order valence-electron chi connectivity index (χ3n) is 7.92. The van der Waals surface area contributed by atoms with Crippen LogP contribution in [0.4, 0.5) is 31.1 Å². The second kappa shape index (κ2) is 13.8. The number of fused-ring (bicyclic) bond motifs is 1. The summed E-state index contributed by atoms with van der Waals surface area (Å²) in [5.74, 6) is -5.24. The summed E-state index contributed by atoms with van der Waals surface area (Å²) in [4.78, 5) is 56.5. The van der Waals surface area contributed by atoms with Crippen LogP contribution in [0.2, 0.25) is 0 Å². The van der Waals surface area contributed by atoms with Gasteiger partial charge in [0.25, 0.3) is 0 Å². The highest BCUT2D eigenvalue weighted by Crippen LogP contribution is 2.58. The van der Waals surface area contributed by atoms with Crippen molar-refractivity contribution in [3.05, 3.63) is 30.1 Å². The van der Waals surface area contributed by atoms with E-state index in [9.17, 15) is 35.9 Å². The van der Waals surface area contributed by atoms with Crippen molar-refractivity contribution in [2.24, 2.45) is 10.8 Å². The fourth-order valence-corrected chi connectivity index (χ4v) is 5.76. The van der Waals surface area contributed by atoms with E-state index in [1.807, 2.05) is 28.1 Å². The minimum Gasteiger partial charge on any atom is -0.475 e. The van der Waals surface area contributed by atoms with Crippen molar-refractivity contribution >= 4 is 23.9 Å². The lowest BCUT2D eigenvalue weighted by molar-refractivity contribution is -0.193. The van der Waals surface area contributed by atoms with Crippen molar-refractivity contribution in [1.82, 2.24) is 24.6 Å². The molecule has 0 aliphatic carbocycles. The van der Waals surface area contributed by atoms with Crippen molar-refractivity contribution < 1.29 is 55.7 Å². The van der Waals surface area contributed by atoms with E-state index in [1.54, 1.807) is 19.0 Å². The van der Waals surface area contributed by atoms with E-state index in [1.165, 1.54) is 0 Å². The number of alkyl halides is 6. The molecule has 3 saturated heterocycles. The Hall–Kier alpha value is -3.63. The maximum atomic E-state index is 13.5. The molecule has 0 aromatic carbocycles. The zero-order valence-corrected chi connectivity index (χ0v) is 23.9. The summed E-state index contributed by atoms with van der Waals surface area (Å²) in [5.41, 5.74) is 0.564. The molecule has 4 heterocycles. The van der Waals surface area contributed by atoms with E-state index in [2.05, 4.69) is 22.9 Å². The maximum absolute atomic E-state index is 13.5. The highest BCUT2D eigenvalue weighted by atomic mass is 19.4. The second-order valence-corrected chi connectivity index (χ2v) is 10.7. The van der Waals surface area contributed by atoms with Crippen LogP contribution in [0.15, 0.2) is 24.4 Å². The first-order valence-electron chi connectivity index (χ1n) is 13.3. The van der Waals surface area contributed by atoms with Gasteiger partial charge in [-0.1, -0.05) is 6.07 Å². The van der Waals surface area contributed by atoms with Crippen LogP contribution in [0.5, 0.6) is 0 Å². The summed E-state index contributed by atoms with van der Waals surface area (Å²) in [6, 6.07) is 6.07. The average Bonchev–Trinajstić information content (AvgIpc) is 3.42. The molecule has 3 fully saturated rings. The fourth-order valence-electron chi connectivity index (χ4n) is 5.76. The molecule has 1 aromatic heterocycles. The summed E-state index contributed by atoms with van der Waals surface area (Å²) in [5, 5.41) is 14.2. The Morgan fingerprint density at radius 3 is 1.86 bits per heavy atom. The number of carboxylic acids is 2. The molecule has 3 aliphatic heterocycles. The zero-order chi connectivity index (χ0) is 32.8. The first-order valence-corrected chi connectivity index (χ1v) is 13.3. The largest absolute Gasteiger partial charge is 0.490 e. The number of likely N-dealkylation sites (tertiary alicyclic amines) is 3. The molecule has 4 rings (SSSR count). The highest BCUT2D eigenvalue weighted by molar-refractivity contribution is 5.88. The number of aliphatic carboxylic acids is 2. The van der Waals surface area contributed by atoms with Crippen molar-refractivity contribution in [2.45, 2.75) is 45.1 Å². The van der Waals surface area contributed by atoms with Crippen molar-refractivity contribution in [1.29, 1.82) is 0 Å². The Morgan fingerprint density at radius 2 is 1.47 bits per heavy atom. The minimum atomic E-state index is -5.08. The van der Waals surface area contributed by atoms with Gasteiger partial charge in [-0.05, 0) is 51.4 Å². The van der Waals surface area contributed by atoms with E-state index in [-0.39, 0.29) is 17.4 Å². The molecule has 3 amide bonds. The third-order valence-corrected chi connectivity index (χ3v) is 7.92. The minimum absolute atomic E-state index is 0.0277. The molecule has 1 atom stereocenters. The third kappa shape index (κ3) is 8.48. The number of piperidine rings is 1. The van der Waals surface area contributed by atoms with Gasteiger partial charge in [0.05, 0.1) is 11.1 Å². The number of carbonyl (C=O) groups excluding carboxylic acids is 2. The molecule has 43 heavy (non-hydrogen) atoms. The van der Waals surface area contributed by atoms with Crippen LogP contribution in [0.25, 0.3) is 0 Å². The van der Waals surface area contributed by atoms with Crippen molar-refractivity contribution in [3.8, 4) is 0 Å². The Labute approximate surface area is 244 Å². The summed E-state index contributed by atoms with van der Waals surface area (Å²) < 4.78 is 63.5. The van der Waals surface area contributed by atoms with E-state index in [4.69, 9.17) is 19.8 Å². The quantitative estimate of drug-likeness (QED) is 0.489. The molecule has 2 N–H and O–H groups in total. The number of urea groups is 1. The number of nitrogens with zero attached hydrogens (tertiary/aromatic N) is 5. The predicted molar refractivity (Wildman–Crippen MR) is 139 cm³/mol. The molecular formula is C26H35F6N5O6. The summed E-state index contributed by atoms with van der Waals surface area (Å²) in [6.45, 7) is 7.63. The van der Waals surface area contributed by atoms with Crippen LogP contribution in [0, 0.1) is 10.8 Å². The lowest BCUT2D eigenvalue weighted by Gasteiger charge is -2.46. The SMILES string of the molecule is CCN1CCC2(CN(C(=O)N(C)C)CC23CCN(Cc2ccccn2)CC3)C1=O.O=C(O)C(F)(F)F.O=C(O)C(F)(F)F. The standard InChI is InChI=1S/C22H33N5O2.2C2HF3O2/c1-4-26-14-10-22(19(26)28)17-27(20(29)24(2)3)16-21(22)8-12-25(13-9-21)15-18-7-5-6-11-23-18;2*3-2(4,5)1(6)7/h5-7,11H,4,8-10,12-17H2,1-3H3;2*(H,6,7). The van der Waals surface area contributed by atoms with Crippen LogP contribution in [-0.2, 0) is 20.9 Å². The van der Waals surface area contributed by atoms with Gasteiger partial charge in [-0.3, -0.25) is 14.7 Å². The summed E-state index contributed by atoms with van der Waals surface area (Å²) in [6.07, 6.45) is -5.54. The van der Waals surface area contributed by atoms with Gasteiger partial charge in [-0.2, -0.15) is 26.3 Å². The second-order valence-electron chi connectivity index (χ2n) is 10.7. The van der Waals surface area contributed by atoms with Crippen LogP contribution in [-0.4, -0.2) is 124 Å². The van der Waals surface area contributed by atoms with Gasteiger partial charge in [0, 0.05) is 58.4 Å². The molecule has 0 saturated carbocycles.